The Morgan fingerprint density at radius 2 is 2.19 bits per heavy atom. The summed E-state index contributed by atoms with van der Waals surface area (Å²) in [4.78, 5) is 32.8. The number of nitrogens with two attached hydrogens (primary N) is 1. The molecule has 3 aromatic heterocycles. The van der Waals surface area contributed by atoms with Crippen LogP contribution in [0.5, 0.6) is 0 Å². The van der Waals surface area contributed by atoms with Crippen LogP contribution in [0.25, 0.3) is 11.5 Å². The highest BCUT2D eigenvalue weighted by Gasteiger charge is 2.33. The van der Waals surface area contributed by atoms with E-state index >= 15 is 0 Å². The number of rotatable bonds is 7. The number of anilines is 1. The van der Waals surface area contributed by atoms with Gasteiger partial charge in [0.15, 0.2) is 11.4 Å². The number of aromatic nitrogens is 4. The summed E-state index contributed by atoms with van der Waals surface area (Å²) >= 11 is 0. The lowest BCUT2D eigenvalue weighted by Gasteiger charge is -2.37. The molecular formula is C21H24N6O4. The molecule has 0 bridgehead atoms. The van der Waals surface area contributed by atoms with E-state index in [0.29, 0.717) is 29.8 Å². The number of nitrogens with zero attached hydrogens (tertiary/aromatic N) is 4. The number of hydrogen-bond acceptors (Lipinski definition) is 7. The van der Waals surface area contributed by atoms with Crippen LogP contribution in [-0.4, -0.2) is 42.8 Å². The number of carbonyl (C=O) groups excluding carboxylic acids is 2. The molecule has 1 fully saturated rings. The van der Waals surface area contributed by atoms with Crippen molar-refractivity contribution in [2.45, 2.75) is 39.3 Å². The zero-order chi connectivity index (χ0) is 22.1. The number of amides is 2. The van der Waals surface area contributed by atoms with Gasteiger partial charge in [0.25, 0.3) is 11.8 Å². The molecular weight excluding hydrogens is 400 g/mol. The van der Waals surface area contributed by atoms with Gasteiger partial charge in [-0.15, -0.1) is 0 Å². The standard InChI is InChI=1S/C21H24N6O4/c1-11-5-14(3-4-23-11)21-25-17(10-31-21)20(30)24-16-9-27(26-18(16)19(22)29)8-13-6-15(7-13)12(2)28/h3-5,9-10,12-13,15,28H,6-8H2,1-2H3,(H2,22,29)(H,24,30). The predicted molar refractivity (Wildman–Crippen MR) is 111 cm³/mol. The quantitative estimate of drug-likeness (QED) is 0.525. The van der Waals surface area contributed by atoms with E-state index < -0.39 is 11.8 Å². The molecule has 162 valence electrons. The third kappa shape index (κ3) is 4.48. The van der Waals surface area contributed by atoms with Crippen molar-refractivity contribution in [1.29, 1.82) is 0 Å². The van der Waals surface area contributed by atoms with E-state index in [1.54, 1.807) is 36.1 Å². The third-order valence-corrected chi connectivity index (χ3v) is 5.52. The summed E-state index contributed by atoms with van der Waals surface area (Å²) in [5, 5.41) is 16.5. The number of hydrogen-bond donors (Lipinski definition) is 3. The lowest BCUT2D eigenvalue weighted by Crippen LogP contribution is -2.34. The highest BCUT2D eigenvalue weighted by molar-refractivity contribution is 6.07. The highest BCUT2D eigenvalue weighted by atomic mass is 16.3. The monoisotopic (exact) mass is 424 g/mol. The van der Waals surface area contributed by atoms with Crippen molar-refractivity contribution >= 4 is 17.5 Å². The van der Waals surface area contributed by atoms with Gasteiger partial charge in [-0.05, 0) is 50.7 Å². The first-order valence-corrected chi connectivity index (χ1v) is 10.1. The maximum atomic E-state index is 12.7. The second kappa shape index (κ2) is 8.31. The summed E-state index contributed by atoms with van der Waals surface area (Å²) in [7, 11) is 0. The molecule has 4 rings (SSSR count). The van der Waals surface area contributed by atoms with Gasteiger partial charge in [-0.25, -0.2) is 4.98 Å². The number of aliphatic hydroxyl groups is 1. The molecule has 10 nitrogen and oxygen atoms in total. The first-order chi connectivity index (χ1) is 14.8. The highest BCUT2D eigenvalue weighted by Crippen LogP contribution is 2.37. The fourth-order valence-electron chi connectivity index (χ4n) is 3.76. The van der Waals surface area contributed by atoms with Gasteiger partial charge in [0, 0.05) is 30.2 Å². The van der Waals surface area contributed by atoms with Gasteiger partial charge in [-0.1, -0.05) is 0 Å². The molecule has 31 heavy (non-hydrogen) atoms. The van der Waals surface area contributed by atoms with Gasteiger partial charge in [-0.2, -0.15) is 5.10 Å². The number of nitrogens with one attached hydrogen (secondary N) is 1. The second-order valence-corrected chi connectivity index (χ2v) is 7.99. The molecule has 2 amide bonds. The molecule has 10 heteroatoms. The van der Waals surface area contributed by atoms with Gasteiger partial charge in [0.2, 0.25) is 5.89 Å². The Morgan fingerprint density at radius 3 is 2.87 bits per heavy atom. The maximum Gasteiger partial charge on any atom is 0.277 e. The van der Waals surface area contributed by atoms with Crippen LogP contribution in [0, 0.1) is 18.8 Å². The molecule has 0 aliphatic heterocycles. The zero-order valence-electron chi connectivity index (χ0n) is 17.3. The van der Waals surface area contributed by atoms with Crippen molar-refractivity contribution in [3.8, 4) is 11.5 Å². The number of primary amides is 1. The summed E-state index contributed by atoms with van der Waals surface area (Å²) in [6, 6.07) is 3.53. The van der Waals surface area contributed by atoms with Crippen molar-refractivity contribution in [3.63, 3.8) is 0 Å². The smallest absolute Gasteiger partial charge is 0.277 e. The first-order valence-electron chi connectivity index (χ1n) is 10.1. The SMILES string of the molecule is Cc1cc(-c2nc(C(=O)Nc3cn(CC4CC(C(C)O)C4)nc3C(N)=O)co2)ccn1. The van der Waals surface area contributed by atoms with Crippen LogP contribution in [-0.2, 0) is 6.54 Å². The van der Waals surface area contributed by atoms with Crippen LogP contribution in [0.4, 0.5) is 5.69 Å². The Bertz CT molecular complexity index is 1110. The minimum absolute atomic E-state index is 0.0202. The summed E-state index contributed by atoms with van der Waals surface area (Å²) < 4.78 is 7.02. The molecule has 0 aromatic carbocycles. The molecule has 3 aromatic rings. The van der Waals surface area contributed by atoms with Gasteiger partial charge in [0.1, 0.15) is 6.26 Å². The van der Waals surface area contributed by atoms with Crippen molar-refractivity contribution in [3.05, 3.63) is 47.9 Å². The second-order valence-electron chi connectivity index (χ2n) is 7.99. The summed E-state index contributed by atoms with van der Waals surface area (Å²) in [5.41, 5.74) is 7.19. The molecule has 1 atom stereocenters. The molecule has 0 spiro atoms. The number of aryl methyl sites for hydroxylation is 1. The minimum Gasteiger partial charge on any atom is -0.444 e. The minimum atomic E-state index is -0.738. The molecule has 0 radical (unpaired) electrons. The Balaban J connectivity index is 1.46. The van der Waals surface area contributed by atoms with Crippen LogP contribution in [0.1, 0.15) is 46.4 Å². The van der Waals surface area contributed by atoms with E-state index in [0.717, 1.165) is 18.5 Å². The number of pyridine rings is 1. The Hall–Kier alpha value is -3.53. The number of oxazole rings is 1. The zero-order valence-corrected chi connectivity index (χ0v) is 17.3. The van der Waals surface area contributed by atoms with E-state index in [1.807, 2.05) is 6.92 Å². The average molecular weight is 424 g/mol. The summed E-state index contributed by atoms with van der Waals surface area (Å²) in [6.07, 6.45) is 5.92. The van der Waals surface area contributed by atoms with Crippen molar-refractivity contribution in [2.24, 2.45) is 17.6 Å². The number of carbonyl (C=O) groups is 2. The van der Waals surface area contributed by atoms with Gasteiger partial charge >= 0.3 is 0 Å². The van der Waals surface area contributed by atoms with Crippen LogP contribution >= 0.6 is 0 Å². The molecule has 1 saturated carbocycles. The normalized spacial score (nSPS) is 18.9. The van der Waals surface area contributed by atoms with Crippen LogP contribution < -0.4 is 11.1 Å². The largest absolute Gasteiger partial charge is 0.444 e. The summed E-state index contributed by atoms with van der Waals surface area (Å²) in [5.74, 6) is -0.344. The topological polar surface area (TPSA) is 149 Å². The molecule has 1 aliphatic rings. The molecule has 3 heterocycles. The lowest BCUT2D eigenvalue weighted by atomic mass is 9.72. The van der Waals surface area contributed by atoms with Crippen LogP contribution in [0.2, 0.25) is 0 Å². The predicted octanol–water partition coefficient (Wildman–Crippen LogP) is 2.00. The van der Waals surface area contributed by atoms with E-state index in [2.05, 4.69) is 20.4 Å². The Labute approximate surface area is 178 Å². The van der Waals surface area contributed by atoms with Crippen molar-refractivity contribution in [1.82, 2.24) is 19.7 Å². The third-order valence-electron chi connectivity index (χ3n) is 5.52. The van der Waals surface area contributed by atoms with Crippen molar-refractivity contribution < 1.29 is 19.1 Å². The van der Waals surface area contributed by atoms with Crippen molar-refractivity contribution in [2.75, 3.05) is 5.32 Å². The Kier molecular flexibility index (Phi) is 5.55. The fraction of sp³-hybridized carbons (Fsp3) is 0.381. The average Bonchev–Trinajstić information content (AvgIpc) is 3.31. The van der Waals surface area contributed by atoms with Gasteiger partial charge in [0.05, 0.1) is 11.8 Å². The van der Waals surface area contributed by atoms with Crippen LogP contribution in [0.15, 0.2) is 35.2 Å². The first kappa shape index (κ1) is 20.7. The lowest BCUT2D eigenvalue weighted by molar-refractivity contribution is 0.0326. The maximum absolute atomic E-state index is 12.7. The Morgan fingerprint density at radius 1 is 1.42 bits per heavy atom. The van der Waals surface area contributed by atoms with E-state index in [9.17, 15) is 14.7 Å². The molecule has 0 saturated heterocycles. The van der Waals surface area contributed by atoms with Gasteiger partial charge in [-0.3, -0.25) is 19.3 Å². The fourth-order valence-corrected chi connectivity index (χ4v) is 3.76. The van der Waals surface area contributed by atoms with E-state index in [-0.39, 0.29) is 23.2 Å². The van der Waals surface area contributed by atoms with Gasteiger partial charge < -0.3 is 20.6 Å². The molecule has 1 unspecified atom stereocenters. The summed E-state index contributed by atoms with van der Waals surface area (Å²) in [6.45, 7) is 4.21. The molecule has 4 N–H and O–H groups in total. The van der Waals surface area contributed by atoms with E-state index in [1.165, 1.54) is 6.26 Å². The number of aliphatic hydroxyl groups excluding tert-OH is 1. The van der Waals surface area contributed by atoms with E-state index in [4.69, 9.17) is 10.2 Å². The van der Waals surface area contributed by atoms with Crippen LogP contribution in [0.3, 0.4) is 0 Å². The molecule has 1 aliphatic carbocycles.